The maximum Gasteiger partial charge on any atom is 0.253 e. The van der Waals surface area contributed by atoms with E-state index in [0.29, 0.717) is 55.8 Å². The molecule has 1 aliphatic heterocycles. The van der Waals surface area contributed by atoms with Crippen LogP contribution in [0.5, 0.6) is 0 Å². The van der Waals surface area contributed by atoms with Gasteiger partial charge in [0.25, 0.3) is 5.91 Å². The Morgan fingerprint density at radius 1 is 0.969 bits per heavy atom. The highest BCUT2D eigenvalue weighted by Gasteiger charge is 2.26. The molecule has 32 heavy (non-hydrogen) atoms. The van der Waals surface area contributed by atoms with Crippen molar-refractivity contribution in [2.45, 2.75) is 18.7 Å². The number of thiocarbonyl (C=S) groups is 1. The van der Waals surface area contributed by atoms with E-state index in [1.165, 1.54) is 4.31 Å². The van der Waals surface area contributed by atoms with E-state index in [1.54, 1.807) is 53.4 Å². The number of nitrogens with one attached hydrogen (secondary N) is 2. The summed E-state index contributed by atoms with van der Waals surface area (Å²) in [4.78, 5) is 14.4. The van der Waals surface area contributed by atoms with Crippen molar-refractivity contribution in [3.05, 3.63) is 54.1 Å². The smallest absolute Gasteiger partial charge is 0.253 e. The molecule has 10 heteroatoms. The van der Waals surface area contributed by atoms with Gasteiger partial charge in [0.05, 0.1) is 18.1 Å². The summed E-state index contributed by atoms with van der Waals surface area (Å²) in [5, 5.41) is 6.46. The Kier molecular flexibility index (Phi) is 8.19. The SMILES string of the molecule is CCN(CC)C(=O)c1ccc(NC(=S)Nc2ccc(S(=O)(=O)N3CCOCC3)cc2)cc1. The summed E-state index contributed by atoms with van der Waals surface area (Å²) < 4.78 is 32.1. The van der Waals surface area contributed by atoms with Crippen molar-refractivity contribution in [3.8, 4) is 0 Å². The van der Waals surface area contributed by atoms with Gasteiger partial charge in [0.1, 0.15) is 0 Å². The molecule has 2 N–H and O–H groups in total. The van der Waals surface area contributed by atoms with Gasteiger partial charge in [-0.05, 0) is 74.6 Å². The first-order valence-electron chi connectivity index (χ1n) is 10.5. The van der Waals surface area contributed by atoms with Crippen molar-refractivity contribution in [1.82, 2.24) is 9.21 Å². The van der Waals surface area contributed by atoms with E-state index in [-0.39, 0.29) is 10.8 Å². The van der Waals surface area contributed by atoms with Crippen LogP contribution >= 0.6 is 12.2 Å². The highest BCUT2D eigenvalue weighted by atomic mass is 32.2. The van der Waals surface area contributed by atoms with Gasteiger partial charge in [0, 0.05) is 43.1 Å². The third kappa shape index (κ3) is 5.83. The number of hydrogen-bond acceptors (Lipinski definition) is 5. The van der Waals surface area contributed by atoms with Crippen LogP contribution in [0.1, 0.15) is 24.2 Å². The molecule has 1 aliphatic rings. The molecule has 2 aromatic rings. The Morgan fingerprint density at radius 3 is 1.97 bits per heavy atom. The zero-order valence-electron chi connectivity index (χ0n) is 18.2. The van der Waals surface area contributed by atoms with Gasteiger partial charge in [-0.1, -0.05) is 0 Å². The molecule has 172 valence electrons. The number of benzene rings is 2. The number of rotatable bonds is 7. The fraction of sp³-hybridized carbons (Fsp3) is 0.364. The number of amides is 1. The van der Waals surface area contributed by atoms with Crippen molar-refractivity contribution in [2.75, 3.05) is 50.0 Å². The van der Waals surface area contributed by atoms with Crippen LogP contribution in [0.4, 0.5) is 11.4 Å². The second kappa shape index (κ2) is 10.9. The molecular weight excluding hydrogens is 448 g/mol. The van der Waals surface area contributed by atoms with Gasteiger partial charge in [-0.15, -0.1) is 0 Å². The Bertz CT molecular complexity index is 1030. The topological polar surface area (TPSA) is 91.0 Å². The molecule has 3 rings (SSSR count). The molecule has 0 radical (unpaired) electrons. The summed E-state index contributed by atoms with van der Waals surface area (Å²) in [6.07, 6.45) is 0. The summed E-state index contributed by atoms with van der Waals surface area (Å²) in [6, 6.07) is 13.6. The molecule has 1 heterocycles. The number of sulfonamides is 1. The molecule has 1 amide bonds. The zero-order valence-corrected chi connectivity index (χ0v) is 19.8. The molecule has 2 aromatic carbocycles. The van der Waals surface area contributed by atoms with Crippen LogP contribution < -0.4 is 10.6 Å². The number of ether oxygens (including phenoxy) is 1. The standard InChI is InChI=1S/C22H28N4O4S2/c1-3-25(4-2)21(27)17-5-7-18(8-6-17)23-22(31)24-19-9-11-20(12-10-19)32(28,29)26-13-15-30-16-14-26/h5-12H,3-4,13-16H2,1-2H3,(H2,23,24,31). The number of nitrogens with zero attached hydrogens (tertiary/aromatic N) is 2. The molecule has 0 aliphatic carbocycles. The van der Waals surface area contributed by atoms with Crippen molar-refractivity contribution in [3.63, 3.8) is 0 Å². The van der Waals surface area contributed by atoms with Crippen LogP contribution in [0.2, 0.25) is 0 Å². The van der Waals surface area contributed by atoms with E-state index in [2.05, 4.69) is 10.6 Å². The number of morpholine rings is 1. The van der Waals surface area contributed by atoms with Gasteiger partial charge in [-0.2, -0.15) is 4.31 Å². The third-order valence-corrected chi connectivity index (χ3v) is 7.28. The average molecular weight is 477 g/mol. The van der Waals surface area contributed by atoms with Gasteiger partial charge in [-0.25, -0.2) is 8.42 Å². The zero-order chi connectivity index (χ0) is 23.1. The first-order valence-corrected chi connectivity index (χ1v) is 12.3. The van der Waals surface area contributed by atoms with Crippen molar-refractivity contribution < 1.29 is 17.9 Å². The second-order valence-corrected chi connectivity index (χ2v) is 9.52. The minimum absolute atomic E-state index is 0.00521. The minimum Gasteiger partial charge on any atom is -0.379 e. The highest BCUT2D eigenvalue weighted by Crippen LogP contribution is 2.20. The summed E-state index contributed by atoms with van der Waals surface area (Å²) >= 11 is 5.35. The molecule has 0 aromatic heterocycles. The Morgan fingerprint density at radius 2 is 1.47 bits per heavy atom. The predicted octanol–water partition coefficient (Wildman–Crippen LogP) is 3.00. The summed E-state index contributed by atoms with van der Waals surface area (Å²) in [6.45, 7) is 6.75. The van der Waals surface area contributed by atoms with Crippen LogP contribution in [0.3, 0.4) is 0 Å². The Hall–Kier alpha value is -2.53. The van der Waals surface area contributed by atoms with E-state index < -0.39 is 10.0 Å². The maximum atomic E-state index is 12.7. The van der Waals surface area contributed by atoms with E-state index >= 15 is 0 Å². The lowest BCUT2D eigenvalue weighted by atomic mass is 10.2. The number of carbonyl (C=O) groups is 1. The van der Waals surface area contributed by atoms with E-state index in [1.807, 2.05) is 13.8 Å². The van der Waals surface area contributed by atoms with Crippen molar-refractivity contribution in [1.29, 1.82) is 0 Å². The molecule has 0 saturated carbocycles. The molecule has 8 nitrogen and oxygen atoms in total. The van der Waals surface area contributed by atoms with Crippen molar-refractivity contribution in [2.24, 2.45) is 0 Å². The van der Waals surface area contributed by atoms with Crippen LogP contribution in [0.25, 0.3) is 0 Å². The molecular formula is C22H28N4O4S2. The lowest BCUT2D eigenvalue weighted by Gasteiger charge is -2.26. The largest absolute Gasteiger partial charge is 0.379 e. The van der Waals surface area contributed by atoms with Crippen LogP contribution in [0.15, 0.2) is 53.4 Å². The number of carbonyl (C=O) groups excluding carboxylic acids is 1. The molecule has 0 atom stereocenters. The fourth-order valence-corrected chi connectivity index (χ4v) is 4.97. The summed E-state index contributed by atoms with van der Waals surface area (Å²) in [7, 11) is -3.53. The van der Waals surface area contributed by atoms with Crippen LogP contribution in [-0.2, 0) is 14.8 Å². The van der Waals surface area contributed by atoms with E-state index in [4.69, 9.17) is 17.0 Å². The van der Waals surface area contributed by atoms with E-state index in [9.17, 15) is 13.2 Å². The van der Waals surface area contributed by atoms with Gasteiger partial charge < -0.3 is 20.3 Å². The average Bonchev–Trinajstić information content (AvgIpc) is 2.81. The molecule has 0 spiro atoms. The molecule has 0 unspecified atom stereocenters. The lowest BCUT2D eigenvalue weighted by Crippen LogP contribution is -2.40. The maximum absolute atomic E-state index is 12.7. The number of hydrogen-bond donors (Lipinski definition) is 2. The monoisotopic (exact) mass is 476 g/mol. The van der Waals surface area contributed by atoms with Crippen LogP contribution in [0, 0.1) is 0 Å². The normalized spacial score (nSPS) is 14.6. The van der Waals surface area contributed by atoms with Gasteiger partial charge >= 0.3 is 0 Å². The quantitative estimate of drug-likeness (QED) is 0.594. The second-order valence-electron chi connectivity index (χ2n) is 7.17. The first kappa shape index (κ1) is 24.1. The van der Waals surface area contributed by atoms with Crippen LogP contribution in [-0.4, -0.2) is 68.0 Å². The summed E-state index contributed by atoms with van der Waals surface area (Å²) in [5.74, 6) is -0.00521. The molecule has 0 bridgehead atoms. The van der Waals surface area contributed by atoms with Gasteiger partial charge in [-0.3, -0.25) is 4.79 Å². The fourth-order valence-electron chi connectivity index (χ4n) is 3.33. The highest BCUT2D eigenvalue weighted by molar-refractivity contribution is 7.89. The number of anilines is 2. The van der Waals surface area contributed by atoms with Gasteiger partial charge in [0.15, 0.2) is 5.11 Å². The first-order chi connectivity index (χ1) is 15.3. The molecule has 1 saturated heterocycles. The van der Waals surface area contributed by atoms with Gasteiger partial charge in [0.2, 0.25) is 10.0 Å². The Balaban J connectivity index is 1.58. The van der Waals surface area contributed by atoms with Crippen molar-refractivity contribution >= 4 is 44.6 Å². The Labute approximate surface area is 194 Å². The lowest BCUT2D eigenvalue weighted by molar-refractivity contribution is 0.0730. The van der Waals surface area contributed by atoms with E-state index in [0.717, 1.165) is 5.69 Å². The minimum atomic E-state index is -3.53. The molecule has 1 fully saturated rings. The third-order valence-electron chi connectivity index (χ3n) is 5.16. The summed E-state index contributed by atoms with van der Waals surface area (Å²) in [5.41, 5.74) is 2.03. The predicted molar refractivity (Wildman–Crippen MR) is 130 cm³/mol.